The Hall–Kier alpha value is -2.15. The largest absolute Gasteiger partial charge is 0.489 e. The molecule has 1 fully saturated rings. The van der Waals surface area contributed by atoms with Crippen molar-refractivity contribution in [3.05, 3.63) is 24.0 Å². The third-order valence-electron chi connectivity index (χ3n) is 3.71. The van der Waals surface area contributed by atoms with Gasteiger partial charge in [-0.2, -0.15) is 0 Å². The van der Waals surface area contributed by atoms with Crippen LogP contribution in [0.1, 0.15) is 13.3 Å². The number of benzene rings is 1. The van der Waals surface area contributed by atoms with Gasteiger partial charge in [-0.3, -0.25) is 9.59 Å². The summed E-state index contributed by atoms with van der Waals surface area (Å²) in [5.74, 6) is -0.886. The number of methoxy groups -OCH3 is 1. The van der Waals surface area contributed by atoms with Crippen LogP contribution in [0, 0.1) is 11.7 Å². The smallest absolute Gasteiger partial charge is 0.229 e. The molecule has 0 spiro atoms. The molecular weight excluding hydrogens is 303 g/mol. The van der Waals surface area contributed by atoms with E-state index in [4.69, 9.17) is 9.47 Å². The zero-order chi connectivity index (χ0) is 16.8. The van der Waals surface area contributed by atoms with Crippen LogP contribution in [0.25, 0.3) is 0 Å². The number of carbonyl (C=O) groups excluding carboxylic acids is 2. The Morgan fingerprint density at radius 2 is 2.22 bits per heavy atom. The van der Waals surface area contributed by atoms with E-state index in [2.05, 4.69) is 5.32 Å². The van der Waals surface area contributed by atoms with Gasteiger partial charge in [0.05, 0.1) is 18.2 Å². The van der Waals surface area contributed by atoms with Crippen LogP contribution in [-0.4, -0.2) is 50.1 Å². The van der Waals surface area contributed by atoms with Crippen molar-refractivity contribution in [2.45, 2.75) is 13.3 Å². The maximum absolute atomic E-state index is 13.4. The molecule has 1 heterocycles. The number of rotatable bonds is 7. The predicted octanol–water partition coefficient (Wildman–Crippen LogP) is 1.66. The van der Waals surface area contributed by atoms with Gasteiger partial charge in [-0.15, -0.1) is 0 Å². The quantitative estimate of drug-likeness (QED) is 0.775. The lowest BCUT2D eigenvalue weighted by Gasteiger charge is -2.16. The van der Waals surface area contributed by atoms with E-state index in [1.165, 1.54) is 18.2 Å². The molecule has 2 amide bonds. The van der Waals surface area contributed by atoms with Gasteiger partial charge in [0.2, 0.25) is 11.8 Å². The molecule has 1 saturated heterocycles. The van der Waals surface area contributed by atoms with Gasteiger partial charge in [-0.25, -0.2) is 4.39 Å². The lowest BCUT2D eigenvalue weighted by molar-refractivity contribution is -0.128. The SMILES string of the molecule is CCN1C[C@@H](C(=O)Nc2cc(F)ccc2OCCOC)CC1=O. The third kappa shape index (κ3) is 4.41. The van der Waals surface area contributed by atoms with Gasteiger partial charge in [0, 0.05) is 32.7 Å². The van der Waals surface area contributed by atoms with Crippen LogP contribution in [0.3, 0.4) is 0 Å². The lowest BCUT2D eigenvalue weighted by Crippen LogP contribution is -2.28. The van der Waals surface area contributed by atoms with Crippen LogP contribution in [0.2, 0.25) is 0 Å². The number of halogens is 1. The summed E-state index contributed by atoms with van der Waals surface area (Å²) in [6, 6.07) is 3.92. The number of amides is 2. The highest BCUT2D eigenvalue weighted by atomic mass is 19.1. The Kier molecular flexibility index (Phi) is 5.92. The van der Waals surface area contributed by atoms with E-state index in [0.29, 0.717) is 25.4 Å². The molecule has 1 N–H and O–H groups in total. The standard InChI is InChI=1S/C16H21FN2O4/c1-3-19-10-11(8-15(19)20)16(21)18-13-9-12(17)4-5-14(13)23-7-6-22-2/h4-5,9,11H,3,6-8,10H2,1-2H3,(H,18,21)/t11-/m0/s1. The Bertz CT molecular complexity index is 579. The van der Waals surface area contributed by atoms with Crippen molar-refractivity contribution in [3.8, 4) is 5.75 Å². The van der Waals surface area contributed by atoms with Crippen LogP contribution in [0.15, 0.2) is 18.2 Å². The summed E-state index contributed by atoms with van der Waals surface area (Å²) in [6.07, 6.45) is 0.175. The minimum absolute atomic E-state index is 0.0385. The van der Waals surface area contributed by atoms with Crippen molar-refractivity contribution < 1.29 is 23.5 Å². The molecule has 0 saturated carbocycles. The number of likely N-dealkylation sites (tertiary alicyclic amines) is 1. The average Bonchev–Trinajstić information content (AvgIpc) is 2.91. The highest BCUT2D eigenvalue weighted by Crippen LogP contribution is 2.27. The molecule has 1 atom stereocenters. The average molecular weight is 324 g/mol. The van der Waals surface area contributed by atoms with Crippen molar-refractivity contribution in [1.82, 2.24) is 4.90 Å². The molecule has 7 heteroatoms. The molecule has 1 aromatic rings. The zero-order valence-electron chi connectivity index (χ0n) is 13.3. The zero-order valence-corrected chi connectivity index (χ0v) is 13.3. The van der Waals surface area contributed by atoms with Crippen LogP contribution >= 0.6 is 0 Å². The summed E-state index contributed by atoms with van der Waals surface area (Å²) in [4.78, 5) is 25.7. The molecule has 0 unspecified atom stereocenters. The van der Waals surface area contributed by atoms with Gasteiger partial charge in [-0.05, 0) is 19.1 Å². The summed E-state index contributed by atoms with van der Waals surface area (Å²) in [5.41, 5.74) is 0.258. The van der Waals surface area contributed by atoms with E-state index in [0.717, 1.165) is 0 Å². The first-order chi connectivity index (χ1) is 11.0. The molecule has 0 bridgehead atoms. The number of anilines is 1. The van der Waals surface area contributed by atoms with Gasteiger partial charge in [-0.1, -0.05) is 0 Å². The van der Waals surface area contributed by atoms with E-state index in [1.54, 1.807) is 12.0 Å². The van der Waals surface area contributed by atoms with Crippen molar-refractivity contribution in [2.24, 2.45) is 5.92 Å². The number of nitrogens with zero attached hydrogens (tertiary/aromatic N) is 1. The minimum Gasteiger partial charge on any atom is -0.489 e. The Balaban J connectivity index is 2.05. The summed E-state index contributed by atoms with van der Waals surface area (Å²) in [6.45, 7) is 3.50. The fraction of sp³-hybridized carbons (Fsp3) is 0.500. The Labute approximate surface area is 134 Å². The first-order valence-corrected chi connectivity index (χ1v) is 7.55. The second kappa shape index (κ2) is 7.92. The molecular formula is C16H21FN2O4. The fourth-order valence-corrected chi connectivity index (χ4v) is 2.45. The van der Waals surface area contributed by atoms with Gasteiger partial charge in [0.15, 0.2) is 0 Å². The molecule has 1 aromatic carbocycles. The maximum atomic E-state index is 13.4. The van der Waals surface area contributed by atoms with Crippen molar-refractivity contribution in [1.29, 1.82) is 0 Å². The molecule has 2 rings (SSSR count). The molecule has 1 aliphatic rings. The van der Waals surface area contributed by atoms with Gasteiger partial charge < -0.3 is 19.7 Å². The first kappa shape index (κ1) is 17.2. The van der Waals surface area contributed by atoms with E-state index >= 15 is 0 Å². The van der Waals surface area contributed by atoms with Gasteiger partial charge >= 0.3 is 0 Å². The van der Waals surface area contributed by atoms with E-state index in [-0.39, 0.29) is 30.5 Å². The number of carbonyl (C=O) groups is 2. The number of ether oxygens (including phenoxy) is 2. The van der Waals surface area contributed by atoms with E-state index in [1.807, 2.05) is 6.92 Å². The summed E-state index contributed by atoms with van der Waals surface area (Å²) in [5, 5.41) is 2.66. The normalized spacial score (nSPS) is 17.4. The molecule has 1 aliphatic heterocycles. The van der Waals surface area contributed by atoms with Crippen molar-refractivity contribution in [2.75, 3.05) is 38.7 Å². The number of nitrogens with one attached hydrogen (secondary N) is 1. The number of hydrogen-bond acceptors (Lipinski definition) is 4. The molecule has 6 nitrogen and oxygen atoms in total. The minimum atomic E-state index is -0.475. The molecule has 0 aromatic heterocycles. The highest BCUT2D eigenvalue weighted by Gasteiger charge is 2.33. The monoisotopic (exact) mass is 324 g/mol. The summed E-state index contributed by atoms with van der Waals surface area (Å²) >= 11 is 0. The topological polar surface area (TPSA) is 67.9 Å². The Morgan fingerprint density at radius 3 is 2.87 bits per heavy atom. The van der Waals surface area contributed by atoms with Crippen LogP contribution in [0.5, 0.6) is 5.75 Å². The summed E-state index contributed by atoms with van der Waals surface area (Å²) < 4.78 is 23.8. The number of hydrogen-bond donors (Lipinski definition) is 1. The van der Waals surface area contributed by atoms with E-state index < -0.39 is 11.7 Å². The molecule has 0 radical (unpaired) electrons. The van der Waals surface area contributed by atoms with Gasteiger partial charge in [0.1, 0.15) is 18.2 Å². The molecule has 23 heavy (non-hydrogen) atoms. The second-order valence-electron chi connectivity index (χ2n) is 5.30. The van der Waals surface area contributed by atoms with E-state index in [9.17, 15) is 14.0 Å². The fourth-order valence-electron chi connectivity index (χ4n) is 2.45. The molecule has 0 aliphatic carbocycles. The first-order valence-electron chi connectivity index (χ1n) is 7.55. The Morgan fingerprint density at radius 1 is 1.43 bits per heavy atom. The van der Waals surface area contributed by atoms with Crippen molar-refractivity contribution in [3.63, 3.8) is 0 Å². The van der Waals surface area contributed by atoms with Crippen LogP contribution in [0.4, 0.5) is 10.1 Å². The lowest BCUT2D eigenvalue weighted by atomic mass is 10.1. The molecule has 126 valence electrons. The second-order valence-corrected chi connectivity index (χ2v) is 5.30. The summed E-state index contributed by atoms with van der Waals surface area (Å²) in [7, 11) is 1.55. The predicted molar refractivity (Wildman–Crippen MR) is 82.8 cm³/mol. The maximum Gasteiger partial charge on any atom is 0.229 e. The third-order valence-corrected chi connectivity index (χ3v) is 3.71. The highest BCUT2D eigenvalue weighted by molar-refractivity contribution is 5.98. The van der Waals surface area contributed by atoms with Crippen LogP contribution < -0.4 is 10.1 Å². The van der Waals surface area contributed by atoms with Crippen molar-refractivity contribution >= 4 is 17.5 Å². The van der Waals surface area contributed by atoms with Gasteiger partial charge in [0.25, 0.3) is 0 Å². The van der Waals surface area contributed by atoms with Crippen LogP contribution in [-0.2, 0) is 14.3 Å².